The van der Waals surface area contributed by atoms with Crippen LogP contribution in [-0.4, -0.2) is 44.2 Å². The van der Waals surface area contributed by atoms with Gasteiger partial charge < -0.3 is 5.32 Å². The predicted molar refractivity (Wildman–Crippen MR) is 73.0 cm³/mol. The van der Waals surface area contributed by atoms with Crippen LogP contribution >= 0.6 is 0 Å². The van der Waals surface area contributed by atoms with E-state index in [1.54, 1.807) is 4.31 Å². The van der Waals surface area contributed by atoms with Crippen molar-refractivity contribution >= 4 is 10.0 Å². The van der Waals surface area contributed by atoms with Gasteiger partial charge in [0.15, 0.2) is 0 Å². The molecule has 18 heavy (non-hydrogen) atoms. The van der Waals surface area contributed by atoms with Gasteiger partial charge in [0.25, 0.3) is 0 Å². The lowest BCUT2D eigenvalue weighted by atomic mass is 10.2. The van der Waals surface area contributed by atoms with Gasteiger partial charge in [-0.25, -0.2) is 8.42 Å². The van der Waals surface area contributed by atoms with E-state index in [1.165, 1.54) is 0 Å². The minimum absolute atomic E-state index is 0.0551. The normalized spacial score (nSPS) is 21.9. The van der Waals surface area contributed by atoms with Gasteiger partial charge in [-0.2, -0.15) is 4.31 Å². The Labute approximate surface area is 109 Å². The Bertz CT molecular complexity index is 473. The van der Waals surface area contributed by atoms with E-state index in [1.807, 2.05) is 37.3 Å². The van der Waals surface area contributed by atoms with E-state index >= 15 is 0 Å². The molecule has 1 aromatic carbocycles. The fourth-order valence-corrected chi connectivity index (χ4v) is 3.96. The third-order valence-electron chi connectivity index (χ3n) is 3.29. The molecule has 1 aromatic rings. The van der Waals surface area contributed by atoms with Crippen LogP contribution in [0.1, 0.15) is 12.5 Å². The van der Waals surface area contributed by atoms with Gasteiger partial charge in [0, 0.05) is 25.7 Å². The SMILES string of the molecule is C[C@@H]1CNCCN1S(=O)(=O)CCc1ccccc1. The van der Waals surface area contributed by atoms with Crippen LogP contribution in [0.2, 0.25) is 0 Å². The number of aryl methyl sites for hydroxylation is 1. The highest BCUT2D eigenvalue weighted by atomic mass is 32.2. The summed E-state index contributed by atoms with van der Waals surface area (Å²) in [6.07, 6.45) is 0.583. The maximum atomic E-state index is 12.3. The van der Waals surface area contributed by atoms with E-state index in [9.17, 15) is 8.42 Å². The van der Waals surface area contributed by atoms with Crippen LogP contribution in [-0.2, 0) is 16.4 Å². The molecule has 1 atom stereocenters. The van der Waals surface area contributed by atoms with Gasteiger partial charge in [0.1, 0.15) is 0 Å². The smallest absolute Gasteiger partial charge is 0.214 e. The fraction of sp³-hybridized carbons (Fsp3) is 0.538. The second-order valence-corrected chi connectivity index (χ2v) is 6.76. The van der Waals surface area contributed by atoms with Crippen LogP contribution in [0.3, 0.4) is 0 Å². The van der Waals surface area contributed by atoms with Gasteiger partial charge in [0.2, 0.25) is 10.0 Å². The highest BCUT2D eigenvalue weighted by Crippen LogP contribution is 2.12. The summed E-state index contributed by atoms with van der Waals surface area (Å²) >= 11 is 0. The van der Waals surface area contributed by atoms with E-state index in [-0.39, 0.29) is 11.8 Å². The largest absolute Gasteiger partial charge is 0.314 e. The lowest BCUT2D eigenvalue weighted by Gasteiger charge is -2.32. The maximum absolute atomic E-state index is 12.3. The first-order valence-corrected chi connectivity index (χ1v) is 7.95. The molecule has 0 saturated carbocycles. The summed E-state index contributed by atoms with van der Waals surface area (Å²) in [4.78, 5) is 0. The molecule has 0 bridgehead atoms. The third-order valence-corrected chi connectivity index (χ3v) is 5.27. The molecular weight excluding hydrogens is 248 g/mol. The second kappa shape index (κ2) is 5.82. The van der Waals surface area contributed by atoms with Crippen molar-refractivity contribution in [2.24, 2.45) is 0 Å². The summed E-state index contributed by atoms with van der Waals surface area (Å²) in [6, 6.07) is 9.81. The van der Waals surface area contributed by atoms with E-state index in [0.29, 0.717) is 13.0 Å². The van der Waals surface area contributed by atoms with Crippen LogP contribution in [0.25, 0.3) is 0 Å². The summed E-state index contributed by atoms with van der Waals surface area (Å²) in [7, 11) is -3.14. The van der Waals surface area contributed by atoms with Crippen LogP contribution in [0.4, 0.5) is 0 Å². The Morgan fingerprint density at radius 1 is 1.33 bits per heavy atom. The Morgan fingerprint density at radius 2 is 2.06 bits per heavy atom. The summed E-state index contributed by atoms with van der Waals surface area (Å²) < 4.78 is 26.2. The number of nitrogens with zero attached hydrogens (tertiary/aromatic N) is 1. The topological polar surface area (TPSA) is 49.4 Å². The second-order valence-electron chi connectivity index (χ2n) is 4.72. The molecule has 0 spiro atoms. The van der Waals surface area contributed by atoms with Crippen molar-refractivity contribution in [3.63, 3.8) is 0 Å². The minimum atomic E-state index is -3.14. The molecule has 0 aromatic heterocycles. The first-order valence-electron chi connectivity index (χ1n) is 6.34. The molecule has 2 rings (SSSR count). The maximum Gasteiger partial charge on any atom is 0.214 e. The van der Waals surface area contributed by atoms with Crippen LogP contribution in [0.15, 0.2) is 30.3 Å². The number of rotatable bonds is 4. The molecule has 1 aliphatic heterocycles. The lowest BCUT2D eigenvalue weighted by Crippen LogP contribution is -2.52. The molecule has 0 amide bonds. The average Bonchev–Trinajstić information content (AvgIpc) is 2.38. The zero-order valence-corrected chi connectivity index (χ0v) is 11.5. The summed E-state index contributed by atoms with van der Waals surface area (Å²) in [5.74, 6) is 0.196. The van der Waals surface area contributed by atoms with E-state index in [4.69, 9.17) is 0 Å². The molecule has 0 radical (unpaired) electrons. The van der Waals surface area contributed by atoms with Crippen LogP contribution < -0.4 is 5.32 Å². The van der Waals surface area contributed by atoms with Gasteiger partial charge in [0.05, 0.1) is 5.75 Å². The highest BCUT2D eigenvalue weighted by Gasteiger charge is 2.28. The van der Waals surface area contributed by atoms with Crippen molar-refractivity contribution in [2.45, 2.75) is 19.4 Å². The molecule has 100 valence electrons. The third kappa shape index (κ3) is 3.31. The van der Waals surface area contributed by atoms with Crippen molar-refractivity contribution in [3.05, 3.63) is 35.9 Å². The van der Waals surface area contributed by atoms with Crippen molar-refractivity contribution < 1.29 is 8.42 Å². The first kappa shape index (κ1) is 13.5. The Hall–Kier alpha value is -0.910. The van der Waals surface area contributed by atoms with Crippen molar-refractivity contribution in [1.82, 2.24) is 9.62 Å². The monoisotopic (exact) mass is 268 g/mol. The number of hydrogen-bond acceptors (Lipinski definition) is 3. The quantitative estimate of drug-likeness (QED) is 0.881. The molecule has 0 unspecified atom stereocenters. The van der Waals surface area contributed by atoms with E-state index in [0.717, 1.165) is 18.7 Å². The number of piperazine rings is 1. The minimum Gasteiger partial charge on any atom is -0.314 e. The first-order chi connectivity index (χ1) is 8.59. The number of nitrogens with one attached hydrogen (secondary N) is 1. The van der Waals surface area contributed by atoms with Gasteiger partial charge in [-0.15, -0.1) is 0 Å². The van der Waals surface area contributed by atoms with E-state index < -0.39 is 10.0 Å². The molecule has 1 aliphatic rings. The van der Waals surface area contributed by atoms with Crippen molar-refractivity contribution in [3.8, 4) is 0 Å². The van der Waals surface area contributed by atoms with Gasteiger partial charge in [-0.1, -0.05) is 30.3 Å². The van der Waals surface area contributed by atoms with Gasteiger partial charge in [-0.3, -0.25) is 0 Å². The number of hydrogen-bond donors (Lipinski definition) is 1. The molecule has 5 heteroatoms. The fourth-order valence-electron chi connectivity index (χ4n) is 2.24. The van der Waals surface area contributed by atoms with Crippen LogP contribution in [0.5, 0.6) is 0 Å². The molecule has 1 N–H and O–H groups in total. The zero-order chi connectivity index (χ0) is 13.0. The van der Waals surface area contributed by atoms with Crippen molar-refractivity contribution in [1.29, 1.82) is 0 Å². The van der Waals surface area contributed by atoms with Crippen LogP contribution in [0, 0.1) is 0 Å². The molecular formula is C13H20N2O2S. The molecule has 1 heterocycles. The average molecular weight is 268 g/mol. The summed E-state index contributed by atoms with van der Waals surface area (Å²) in [5, 5.41) is 3.20. The number of benzene rings is 1. The zero-order valence-electron chi connectivity index (χ0n) is 10.7. The summed E-state index contributed by atoms with van der Waals surface area (Å²) in [5.41, 5.74) is 1.07. The predicted octanol–water partition coefficient (Wildman–Crippen LogP) is 0.853. The number of sulfonamides is 1. The molecule has 1 saturated heterocycles. The standard InChI is InChI=1S/C13H20N2O2S/c1-12-11-14-8-9-15(12)18(16,17)10-7-13-5-3-2-4-6-13/h2-6,12,14H,7-11H2,1H3/t12-/m1/s1. The Kier molecular flexibility index (Phi) is 4.37. The van der Waals surface area contributed by atoms with E-state index in [2.05, 4.69) is 5.32 Å². The Morgan fingerprint density at radius 3 is 2.72 bits per heavy atom. The summed E-state index contributed by atoms with van der Waals surface area (Å²) in [6.45, 7) is 4.02. The lowest BCUT2D eigenvalue weighted by molar-refractivity contribution is 0.284. The Balaban J connectivity index is 1.99. The molecule has 1 fully saturated rings. The van der Waals surface area contributed by atoms with Crippen molar-refractivity contribution in [2.75, 3.05) is 25.4 Å². The molecule has 0 aliphatic carbocycles. The molecule has 4 nitrogen and oxygen atoms in total. The highest BCUT2D eigenvalue weighted by molar-refractivity contribution is 7.89. The van der Waals surface area contributed by atoms with Gasteiger partial charge in [-0.05, 0) is 18.9 Å². The van der Waals surface area contributed by atoms with Gasteiger partial charge >= 0.3 is 0 Å².